The van der Waals surface area contributed by atoms with Crippen molar-refractivity contribution in [1.82, 2.24) is 0 Å². The molecule has 2 N–H and O–H groups in total. The fourth-order valence-electron chi connectivity index (χ4n) is 3.04. The summed E-state index contributed by atoms with van der Waals surface area (Å²) in [6.07, 6.45) is 7.64. The molecule has 1 saturated carbocycles. The summed E-state index contributed by atoms with van der Waals surface area (Å²) < 4.78 is 5.65. The fourth-order valence-corrected chi connectivity index (χ4v) is 3.04. The number of hydrogen-bond acceptors (Lipinski definition) is 2. The molecule has 0 aromatic carbocycles. The van der Waals surface area contributed by atoms with Crippen LogP contribution >= 0.6 is 0 Å². The van der Waals surface area contributed by atoms with Gasteiger partial charge in [-0.2, -0.15) is 0 Å². The summed E-state index contributed by atoms with van der Waals surface area (Å²) in [5, 5.41) is 0. The van der Waals surface area contributed by atoms with Crippen LogP contribution in [-0.2, 0) is 4.74 Å². The molecule has 0 saturated heterocycles. The molecule has 2 heteroatoms. The van der Waals surface area contributed by atoms with Crippen LogP contribution in [0.5, 0.6) is 0 Å². The maximum absolute atomic E-state index is 6.44. The van der Waals surface area contributed by atoms with E-state index in [1.165, 1.54) is 32.1 Å². The summed E-state index contributed by atoms with van der Waals surface area (Å²) >= 11 is 0. The average Bonchev–Trinajstić information content (AvgIpc) is 2.37. The van der Waals surface area contributed by atoms with E-state index >= 15 is 0 Å². The van der Waals surface area contributed by atoms with Gasteiger partial charge in [0.25, 0.3) is 0 Å². The standard InChI is InChI=1S/C14H29NO/c1-5-11-8-7-9-12(10-11)13(15)14(3,6-2)16-4/h11-13H,5-10,15H2,1-4H3. The molecule has 4 unspecified atom stereocenters. The first-order valence-corrected chi connectivity index (χ1v) is 6.88. The summed E-state index contributed by atoms with van der Waals surface area (Å²) in [5.74, 6) is 1.55. The second kappa shape index (κ2) is 6.02. The smallest absolute Gasteiger partial charge is 0.0800 e. The van der Waals surface area contributed by atoms with E-state index in [2.05, 4.69) is 20.8 Å². The molecule has 0 radical (unpaired) electrons. The predicted octanol–water partition coefficient (Wildman–Crippen LogP) is 3.35. The highest BCUT2D eigenvalue weighted by molar-refractivity contribution is 4.92. The molecule has 4 atom stereocenters. The molecule has 0 aromatic rings. The van der Waals surface area contributed by atoms with Crippen LogP contribution < -0.4 is 5.73 Å². The van der Waals surface area contributed by atoms with Crippen molar-refractivity contribution in [2.24, 2.45) is 17.6 Å². The highest BCUT2D eigenvalue weighted by Crippen LogP contribution is 2.36. The Bertz CT molecular complexity index is 201. The van der Waals surface area contributed by atoms with Crippen LogP contribution in [0.2, 0.25) is 0 Å². The minimum absolute atomic E-state index is 0.139. The Hall–Kier alpha value is -0.0800. The quantitative estimate of drug-likeness (QED) is 0.781. The third kappa shape index (κ3) is 2.98. The summed E-state index contributed by atoms with van der Waals surface area (Å²) in [4.78, 5) is 0. The van der Waals surface area contributed by atoms with Crippen LogP contribution in [0.1, 0.15) is 59.3 Å². The molecular formula is C14H29NO. The molecule has 0 spiro atoms. The van der Waals surface area contributed by atoms with Crippen molar-refractivity contribution in [3.8, 4) is 0 Å². The largest absolute Gasteiger partial charge is 0.377 e. The number of nitrogens with two attached hydrogens (primary N) is 1. The Labute approximate surface area is 101 Å². The van der Waals surface area contributed by atoms with Gasteiger partial charge in [0, 0.05) is 13.2 Å². The summed E-state index contributed by atoms with van der Waals surface area (Å²) in [5.41, 5.74) is 6.30. The van der Waals surface area contributed by atoms with Gasteiger partial charge >= 0.3 is 0 Å². The summed E-state index contributed by atoms with van der Waals surface area (Å²) in [6, 6.07) is 0.192. The van der Waals surface area contributed by atoms with E-state index in [9.17, 15) is 0 Å². The third-order valence-electron chi connectivity index (χ3n) is 4.78. The van der Waals surface area contributed by atoms with Gasteiger partial charge in [-0.05, 0) is 38.0 Å². The highest BCUT2D eigenvalue weighted by atomic mass is 16.5. The van der Waals surface area contributed by atoms with Gasteiger partial charge in [0.15, 0.2) is 0 Å². The molecule has 0 aromatic heterocycles. The first kappa shape index (κ1) is 14.0. The van der Waals surface area contributed by atoms with E-state index in [-0.39, 0.29) is 11.6 Å². The van der Waals surface area contributed by atoms with E-state index in [0.717, 1.165) is 12.3 Å². The zero-order chi connectivity index (χ0) is 12.2. The molecule has 1 rings (SSSR count). The van der Waals surface area contributed by atoms with E-state index in [0.29, 0.717) is 5.92 Å². The van der Waals surface area contributed by atoms with Crippen molar-refractivity contribution in [2.75, 3.05) is 7.11 Å². The van der Waals surface area contributed by atoms with Gasteiger partial charge in [-0.15, -0.1) is 0 Å². The maximum atomic E-state index is 6.44. The number of rotatable bonds is 5. The van der Waals surface area contributed by atoms with Crippen LogP contribution in [-0.4, -0.2) is 18.8 Å². The zero-order valence-corrected chi connectivity index (χ0v) is 11.5. The molecule has 2 nitrogen and oxygen atoms in total. The Morgan fingerprint density at radius 2 is 2.06 bits per heavy atom. The molecule has 96 valence electrons. The maximum Gasteiger partial charge on any atom is 0.0800 e. The third-order valence-corrected chi connectivity index (χ3v) is 4.78. The Balaban J connectivity index is 2.61. The molecule has 16 heavy (non-hydrogen) atoms. The molecule has 0 amide bonds. The van der Waals surface area contributed by atoms with Gasteiger partial charge in [-0.25, -0.2) is 0 Å². The van der Waals surface area contributed by atoms with Crippen molar-refractivity contribution in [3.63, 3.8) is 0 Å². The fraction of sp³-hybridized carbons (Fsp3) is 1.00. The first-order chi connectivity index (χ1) is 7.57. The topological polar surface area (TPSA) is 35.2 Å². The van der Waals surface area contributed by atoms with Gasteiger partial charge in [0.05, 0.1) is 5.60 Å². The number of ether oxygens (including phenoxy) is 1. The van der Waals surface area contributed by atoms with Gasteiger partial charge < -0.3 is 10.5 Å². The number of methoxy groups -OCH3 is 1. The lowest BCUT2D eigenvalue weighted by atomic mass is 9.72. The lowest BCUT2D eigenvalue weighted by Crippen LogP contribution is -2.52. The highest BCUT2D eigenvalue weighted by Gasteiger charge is 2.37. The molecule has 0 heterocycles. The second-order valence-electron chi connectivity index (χ2n) is 5.60. The first-order valence-electron chi connectivity index (χ1n) is 6.88. The minimum atomic E-state index is -0.139. The Morgan fingerprint density at radius 1 is 1.38 bits per heavy atom. The second-order valence-corrected chi connectivity index (χ2v) is 5.60. The Kier molecular flexibility index (Phi) is 5.26. The van der Waals surface area contributed by atoms with Crippen molar-refractivity contribution in [3.05, 3.63) is 0 Å². The summed E-state index contributed by atoms with van der Waals surface area (Å²) in [6.45, 7) is 6.63. The minimum Gasteiger partial charge on any atom is -0.377 e. The van der Waals surface area contributed by atoms with Crippen molar-refractivity contribution >= 4 is 0 Å². The van der Waals surface area contributed by atoms with E-state index in [4.69, 9.17) is 10.5 Å². The molecule has 1 aliphatic rings. The normalized spacial score (nSPS) is 32.1. The van der Waals surface area contributed by atoms with Crippen LogP contribution in [0.25, 0.3) is 0 Å². The van der Waals surface area contributed by atoms with Gasteiger partial charge in [-0.3, -0.25) is 0 Å². The molecule has 1 fully saturated rings. The monoisotopic (exact) mass is 227 g/mol. The summed E-state index contributed by atoms with van der Waals surface area (Å²) in [7, 11) is 1.80. The predicted molar refractivity (Wildman–Crippen MR) is 69.4 cm³/mol. The van der Waals surface area contributed by atoms with Gasteiger partial charge in [0.1, 0.15) is 0 Å². The van der Waals surface area contributed by atoms with E-state index in [1.54, 1.807) is 7.11 Å². The molecular weight excluding hydrogens is 198 g/mol. The van der Waals surface area contributed by atoms with Crippen LogP contribution in [0.4, 0.5) is 0 Å². The number of hydrogen-bond donors (Lipinski definition) is 1. The van der Waals surface area contributed by atoms with Crippen LogP contribution in [0.3, 0.4) is 0 Å². The molecule has 0 aliphatic heterocycles. The Morgan fingerprint density at radius 3 is 2.56 bits per heavy atom. The van der Waals surface area contributed by atoms with Crippen LogP contribution in [0, 0.1) is 11.8 Å². The van der Waals surface area contributed by atoms with Gasteiger partial charge in [-0.1, -0.05) is 33.1 Å². The van der Waals surface area contributed by atoms with Crippen molar-refractivity contribution in [2.45, 2.75) is 70.9 Å². The van der Waals surface area contributed by atoms with Gasteiger partial charge in [0.2, 0.25) is 0 Å². The van der Waals surface area contributed by atoms with E-state index < -0.39 is 0 Å². The van der Waals surface area contributed by atoms with Crippen molar-refractivity contribution in [1.29, 1.82) is 0 Å². The van der Waals surface area contributed by atoms with Crippen molar-refractivity contribution < 1.29 is 4.74 Å². The molecule has 0 bridgehead atoms. The zero-order valence-electron chi connectivity index (χ0n) is 11.5. The SMILES string of the molecule is CCC1CCCC(C(N)C(C)(CC)OC)C1. The lowest BCUT2D eigenvalue weighted by molar-refractivity contribution is -0.0409. The molecule has 1 aliphatic carbocycles. The average molecular weight is 227 g/mol. The van der Waals surface area contributed by atoms with Crippen LogP contribution in [0.15, 0.2) is 0 Å². The lowest BCUT2D eigenvalue weighted by Gasteiger charge is -2.41. The van der Waals surface area contributed by atoms with E-state index in [1.807, 2.05) is 0 Å².